The molecule has 1 saturated carbocycles. The lowest BCUT2D eigenvalue weighted by Crippen LogP contribution is -2.51. The van der Waals surface area contributed by atoms with Gasteiger partial charge in [0.1, 0.15) is 6.04 Å². The molecule has 0 radical (unpaired) electrons. The van der Waals surface area contributed by atoms with Crippen LogP contribution in [0.25, 0.3) is 16.8 Å². The maximum absolute atomic E-state index is 13.2. The molecule has 3 unspecified atom stereocenters. The lowest BCUT2D eigenvalue weighted by atomic mass is 9.96. The molecule has 3 atom stereocenters. The van der Waals surface area contributed by atoms with Gasteiger partial charge in [0.25, 0.3) is 0 Å². The van der Waals surface area contributed by atoms with Gasteiger partial charge >= 0.3 is 6.18 Å². The molecule has 3 aromatic rings. The van der Waals surface area contributed by atoms with Gasteiger partial charge in [-0.1, -0.05) is 73.3 Å². The van der Waals surface area contributed by atoms with Crippen molar-refractivity contribution in [3.8, 4) is 11.1 Å². The van der Waals surface area contributed by atoms with E-state index in [0.717, 1.165) is 72.8 Å². The number of hydrogen-bond acceptors (Lipinski definition) is 4. The Morgan fingerprint density at radius 2 is 1.53 bits per heavy atom. The van der Waals surface area contributed by atoms with Gasteiger partial charge < -0.3 is 15.5 Å². The second-order valence-corrected chi connectivity index (χ2v) is 12.4. The van der Waals surface area contributed by atoms with E-state index >= 15 is 0 Å². The fourth-order valence-electron chi connectivity index (χ4n) is 6.61. The Kier molecular flexibility index (Phi) is 8.60. The summed E-state index contributed by atoms with van der Waals surface area (Å²) in [5.41, 5.74) is 5.94. The lowest BCUT2D eigenvalue weighted by Gasteiger charge is -2.41. The number of carbonyl (C=O) groups is 1. The summed E-state index contributed by atoms with van der Waals surface area (Å²) in [5.74, 6) is 0.866. The highest BCUT2D eigenvalue weighted by Crippen LogP contribution is 2.52. The van der Waals surface area contributed by atoms with Gasteiger partial charge in [-0.05, 0) is 61.2 Å². The number of nitrogens with one attached hydrogen (secondary N) is 2. The number of halogens is 3. The third-order valence-corrected chi connectivity index (χ3v) is 8.91. The van der Waals surface area contributed by atoms with Crippen molar-refractivity contribution in [1.82, 2.24) is 20.4 Å². The van der Waals surface area contributed by atoms with E-state index in [1.807, 2.05) is 68.4 Å². The summed E-state index contributed by atoms with van der Waals surface area (Å²) in [5, 5.41) is 6.65. The molecule has 3 aliphatic rings. The van der Waals surface area contributed by atoms with Crippen LogP contribution in [0.2, 0.25) is 0 Å². The van der Waals surface area contributed by atoms with E-state index in [4.69, 9.17) is 0 Å². The van der Waals surface area contributed by atoms with E-state index in [-0.39, 0.29) is 18.0 Å². The Morgan fingerprint density at radius 3 is 2.20 bits per heavy atom. The standard InChI is InChI=1S/C37H39F3N4O/c1-24(2)41-36(45)35(27-9-5-4-6-10-27)44-21-19-43(20-22-44)34-18-17-33(31-23-32(31)34)42-25(3)29-11-7-8-12-30(29)26-13-15-28(16-14-26)37(38,39)40/h4-18,24,31-32,35,42H,3,19-23H2,1-2H3,(H,41,45). The first-order valence-electron chi connectivity index (χ1n) is 15.6. The summed E-state index contributed by atoms with van der Waals surface area (Å²) in [4.78, 5) is 18.0. The minimum absolute atomic E-state index is 0.0440. The van der Waals surface area contributed by atoms with Gasteiger partial charge in [-0.2, -0.15) is 13.2 Å². The first-order chi connectivity index (χ1) is 21.6. The van der Waals surface area contributed by atoms with Crippen molar-refractivity contribution in [1.29, 1.82) is 0 Å². The SMILES string of the molecule is C=C(NC1=CC=C(N2CCN(C(C(=O)NC(C)C)c3ccccc3)CC2)C2CC12)c1ccccc1-c1ccc(C(F)(F)F)cc1. The van der Waals surface area contributed by atoms with Crippen LogP contribution in [-0.4, -0.2) is 47.9 Å². The van der Waals surface area contributed by atoms with Crippen molar-refractivity contribution in [2.75, 3.05) is 26.2 Å². The number of hydrogen-bond donors (Lipinski definition) is 2. The molecule has 1 heterocycles. The quantitative estimate of drug-likeness (QED) is 0.268. The van der Waals surface area contributed by atoms with Gasteiger partial charge in [0.15, 0.2) is 0 Å². The predicted octanol–water partition coefficient (Wildman–Crippen LogP) is 7.23. The van der Waals surface area contributed by atoms with Crippen molar-refractivity contribution in [2.45, 2.75) is 38.5 Å². The molecule has 3 aromatic carbocycles. The number of fused-ring (bicyclic) bond motifs is 1. The molecule has 6 rings (SSSR count). The first-order valence-corrected chi connectivity index (χ1v) is 15.6. The average Bonchev–Trinajstić information content (AvgIpc) is 3.83. The third kappa shape index (κ3) is 6.71. The summed E-state index contributed by atoms with van der Waals surface area (Å²) in [6, 6.07) is 22.7. The smallest absolute Gasteiger partial charge is 0.372 e. The van der Waals surface area contributed by atoms with Crippen molar-refractivity contribution in [3.05, 3.63) is 126 Å². The summed E-state index contributed by atoms with van der Waals surface area (Å²) in [6.45, 7) is 11.6. The summed E-state index contributed by atoms with van der Waals surface area (Å²) >= 11 is 0. The molecule has 0 spiro atoms. The van der Waals surface area contributed by atoms with Crippen LogP contribution in [0.15, 0.2) is 109 Å². The number of nitrogens with zero attached hydrogens (tertiary/aromatic N) is 2. The fourth-order valence-corrected chi connectivity index (χ4v) is 6.61. The molecule has 0 bridgehead atoms. The van der Waals surface area contributed by atoms with Crippen LogP contribution in [0.3, 0.4) is 0 Å². The molecular formula is C37H39F3N4O. The molecule has 2 aliphatic carbocycles. The van der Waals surface area contributed by atoms with Crippen LogP contribution >= 0.6 is 0 Å². The van der Waals surface area contributed by atoms with E-state index < -0.39 is 11.7 Å². The zero-order chi connectivity index (χ0) is 31.7. The topological polar surface area (TPSA) is 47.6 Å². The third-order valence-electron chi connectivity index (χ3n) is 8.91. The van der Waals surface area contributed by atoms with Crippen LogP contribution in [0.5, 0.6) is 0 Å². The molecule has 1 saturated heterocycles. The number of carbonyl (C=O) groups excluding carboxylic acids is 1. The van der Waals surface area contributed by atoms with Gasteiger partial charge in [-0.3, -0.25) is 9.69 Å². The van der Waals surface area contributed by atoms with E-state index in [1.54, 1.807) is 0 Å². The van der Waals surface area contributed by atoms with Crippen LogP contribution in [0.4, 0.5) is 13.2 Å². The number of allylic oxidation sites excluding steroid dienone is 4. The Morgan fingerprint density at radius 1 is 0.867 bits per heavy atom. The first kappa shape index (κ1) is 30.7. The van der Waals surface area contributed by atoms with Crippen LogP contribution < -0.4 is 10.6 Å². The van der Waals surface area contributed by atoms with Crippen LogP contribution in [0.1, 0.15) is 43.0 Å². The van der Waals surface area contributed by atoms with Crippen LogP contribution in [-0.2, 0) is 11.0 Å². The Hall–Kier alpha value is -4.30. The van der Waals surface area contributed by atoms with Crippen molar-refractivity contribution in [3.63, 3.8) is 0 Å². The van der Waals surface area contributed by atoms with Crippen molar-refractivity contribution >= 4 is 11.6 Å². The van der Waals surface area contributed by atoms with E-state index in [2.05, 4.69) is 39.2 Å². The maximum atomic E-state index is 13.2. The largest absolute Gasteiger partial charge is 0.416 e. The van der Waals surface area contributed by atoms with E-state index in [9.17, 15) is 18.0 Å². The molecule has 2 fully saturated rings. The Bertz CT molecular complexity index is 1600. The molecule has 5 nitrogen and oxygen atoms in total. The average molecular weight is 613 g/mol. The number of piperazine rings is 1. The highest BCUT2D eigenvalue weighted by Gasteiger charge is 2.46. The van der Waals surface area contributed by atoms with Gasteiger partial charge in [0, 0.05) is 66.7 Å². The monoisotopic (exact) mass is 612 g/mol. The minimum atomic E-state index is -4.37. The lowest BCUT2D eigenvalue weighted by molar-refractivity contribution is -0.137. The molecule has 45 heavy (non-hydrogen) atoms. The molecule has 2 N–H and O–H groups in total. The second-order valence-electron chi connectivity index (χ2n) is 12.4. The van der Waals surface area contributed by atoms with Gasteiger partial charge in [0.2, 0.25) is 5.91 Å². The van der Waals surface area contributed by atoms with Crippen molar-refractivity contribution in [2.24, 2.45) is 11.8 Å². The number of alkyl halides is 3. The molecule has 8 heteroatoms. The second kappa shape index (κ2) is 12.6. The van der Waals surface area contributed by atoms with E-state index in [0.29, 0.717) is 17.4 Å². The normalized spacial score (nSPS) is 20.5. The summed E-state index contributed by atoms with van der Waals surface area (Å²) < 4.78 is 39.3. The predicted molar refractivity (Wildman–Crippen MR) is 172 cm³/mol. The van der Waals surface area contributed by atoms with Crippen molar-refractivity contribution < 1.29 is 18.0 Å². The zero-order valence-electron chi connectivity index (χ0n) is 25.6. The zero-order valence-corrected chi connectivity index (χ0v) is 25.6. The summed E-state index contributed by atoms with van der Waals surface area (Å²) in [7, 11) is 0. The van der Waals surface area contributed by atoms with Gasteiger partial charge in [0.05, 0.1) is 5.56 Å². The van der Waals surface area contributed by atoms with Crippen LogP contribution in [0, 0.1) is 11.8 Å². The maximum Gasteiger partial charge on any atom is 0.416 e. The molecular weight excluding hydrogens is 573 g/mol. The Labute approximate surface area is 263 Å². The van der Waals surface area contributed by atoms with Gasteiger partial charge in [-0.25, -0.2) is 0 Å². The molecule has 1 amide bonds. The fraction of sp³-hybridized carbons (Fsp3) is 0.324. The molecule has 0 aromatic heterocycles. The molecule has 234 valence electrons. The highest BCUT2D eigenvalue weighted by molar-refractivity contribution is 5.83. The molecule has 1 aliphatic heterocycles. The minimum Gasteiger partial charge on any atom is -0.372 e. The van der Waals surface area contributed by atoms with Gasteiger partial charge in [-0.15, -0.1) is 0 Å². The number of rotatable bonds is 9. The number of benzene rings is 3. The summed E-state index contributed by atoms with van der Waals surface area (Å²) in [6.07, 6.45) is 1.04. The number of amides is 1. The van der Waals surface area contributed by atoms with E-state index in [1.165, 1.54) is 17.8 Å². The highest BCUT2D eigenvalue weighted by atomic mass is 19.4. The Balaban J connectivity index is 1.12.